The van der Waals surface area contributed by atoms with Crippen molar-refractivity contribution in [3.05, 3.63) is 36.5 Å². The summed E-state index contributed by atoms with van der Waals surface area (Å²) in [5.74, 6) is 2.57. The van der Waals surface area contributed by atoms with Crippen molar-refractivity contribution in [2.75, 3.05) is 36.4 Å². The number of hydrogen-bond acceptors (Lipinski definition) is 7. The van der Waals surface area contributed by atoms with E-state index in [0.29, 0.717) is 23.5 Å². The number of amides is 1. The minimum atomic E-state index is -0.202. The molecule has 1 aromatic heterocycles. The van der Waals surface area contributed by atoms with Crippen molar-refractivity contribution in [3.63, 3.8) is 0 Å². The van der Waals surface area contributed by atoms with Gasteiger partial charge in [-0.2, -0.15) is 4.98 Å². The second-order valence-electron chi connectivity index (χ2n) is 8.24. The van der Waals surface area contributed by atoms with Crippen LogP contribution in [0.2, 0.25) is 0 Å². The molecule has 0 bridgehead atoms. The number of rotatable bonds is 7. The maximum atomic E-state index is 13.0. The molecule has 0 radical (unpaired) electrons. The van der Waals surface area contributed by atoms with E-state index in [9.17, 15) is 4.79 Å². The van der Waals surface area contributed by atoms with Crippen LogP contribution in [0.15, 0.2) is 31.0 Å². The van der Waals surface area contributed by atoms with Gasteiger partial charge >= 0.3 is 0 Å². The maximum Gasteiger partial charge on any atom is 0.249 e. The summed E-state index contributed by atoms with van der Waals surface area (Å²) in [6.07, 6.45) is 7.00. The van der Waals surface area contributed by atoms with Crippen molar-refractivity contribution in [3.8, 4) is 5.75 Å². The zero-order chi connectivity index (χ0) is 22.8. The highest BCUT2D eigenvalue weighted by molar-refractivity contribution is 6.04. The average molecular weight is 438 g/mol. The Kier molecular flexibility index (Phi) is 6.21. The van der Waals surface area contributed by atoms with Crippen LogP contribution in [0.3, 0.4) is 0 Å². The molecule has 0 spiro atoms. The van der Waals surface area contributed by atoms with Gasteiger partial charge in [-0.15, -0.1) is 0 Å². The number of anilines is 4. The summed E-state index contributed by atoms with van der Waals surface area (Å²) in [6, 6.07) is 5.77. The standard InChI is InChI=1S/C24H31N5O3/c1-6-19-23(30)28(3)20-14-25-24(27-22(20)29(19)17-9-7-8-10-17)26-18-12-11-16(15(2)31-4)13-21(18)32-5/h11-14,17,19H,2,6-10H2,1,3-5H3,(H,25,26,27)/t19-/m1/s1. The van der Waals surface area contributed by atoms with Crippen LogP contribution in [0.1, 0.15) is 44.6 Å². The highest BCUT2D eigenvalue weighted by Gasteiger charge is 2.41. The quantitative estimate of drug-likeness (QED) is 0.645. The van der Waals surface area contributed by atoms with Crippen LogP contribution in [0.25, 0.3) is 5.76 Å². The third-order valence-corrected chi connectivity index (χ3v) is 6.43. The van der Waals surface area contributed by atoms with Gasteiger partial charge < -0.3 is 24.6 Å². The molecule has 2 heterocycles. The first-order valence-electron chi connectivity index (χ1n) is 11.1. The Bertz CT molecular complexity index is 1020. The normalized spacial score (nSPS) is 18.5. The molecule has 1 aliphatic carbocycles. The molecular weight excluding hydrogens is 406 g/mol. The number of benzene rings is 1. The first-order valence-corrected chi connectivity index (χ1v) is 11.1. The third kappa shape index (κ3) is 3.85. The van der Waals surface area contributed by atoms with Crippen molar-refractivity contribution < 1.29 is 14.3 Å². The molecule has 1 N–H and O–H groups in total. The molecule has 2 aliphatic rings. The highest BCUT2D eigenvalue weighted by Crippen LogP contribution is 2.40. The monoisotopic (exact) mass is 437 g/mol. The molecule has 1 aromatic carbocycles. The summed E-state index contributed by atoms with van der Waals surface area (Å²) < 4.78 is 10.8. The fourth-order valence-corrected chi connectivity index (χ4v) is 4.65. The minimum Gasteiger partial charge on any atom is -0.497 e. The molecule has 170 valence electrons. The average Bonchev–Trinajstić information content (AvgIpc) is 3.35. The maximum absolute atomic E-state index is 13.0. The summed E-state index contributed by atoms with van der Waals surface area (Å²) in [6.45, 7) is 5.95. The number of nitrogens with zero attached hydrogens (tertiary/aromatic N) is 4. The Hall–Kier alpha value is -3.29. The van der Waals surface area contributed by atoms with Gasteiger partial charge in [0.05, 0.1) is 26.1 Å². The molecule has 8 heteroatoms. The molecule has 1 amide bonds. The fourth-order valence-electron chi connectivity index (χ4n) is 4.65. The van der Waals surface area contributed by atoms with Crippen molar-refractivity contribution in [2.24, 2.45) is 0 Å². The van der Waals surface area contributed by atoms with Crippen LogP contribution in [-0.2, 0) is 9.53 Å². The number of likely N-dealkylation sites (N-methyl/N-ethyl adjacent to an activating group) is 1. The van der Waals surface area contributed by atoms with Crippen molar-refractivity contribution in [1.82, 2.24) is 9.97 Å². The third-order valence-electron chi connectivity index (χ3n) is 6.43. The van der Waals surface area contributed by atoms with Gasteiger partial charge in [-0.1, -0.05) is 26.3 Å². The Morgan fingerprint density at radius 3 is 2.69 bits per heavy atom. The Morgan fingerprint density at radius 1 is 1.28 bits per heavy atom. The minimum absolute atomic E-state index is 0.104. The van der Waals surface area contributed by atoms with Crippen LogP contribution >= 0.6 is 0 Å². The number of hydrogen-bond donors (Lipinski definition) is 1. The lowest BCUT2D eigenvalue weighted by Crippen LogP contribution is -2.55. The number of fused-ring (bicyclic) bond motifs is 1. The topological polar surface area (TPSA) is 79.8 Å². The Balaban J connectivity index is 1.70. The van der Waals surface area contributed by atoms with Crippen LogP contribution in [0.4, 0.5) is 23.1 Å². The Labute approximate surface area is 189 Å². The predicted molar refractivity (Wildman–Crippen MR) is 127 cm³/mol. The summed E-state index contributed by atoms with van der Waals surface area (Å²) in [5, 5.41) is 3.28. The molecule has 32 heavy (non-hydrogen) atoms. The van der Waals surface area contributed by atoms with E-state index >= 15 is 0 Å². The Morgan fingerprint density at radius 2 is 2.03 bits per heavy atom. The van der Waals surface area contributed by atoms with Crippen molar-refractivity contribution in [1.29, 1.82) is 0 Å². The smallest absolute Gasteiger partial charge is 0.249 e. The summed E-state index contributed by atoms with van der Waals surface area (Å²) in [4.78, 5) is 26.3. The summed E-state index contributed by atoms with van der Waals surface area (Å²) >= 11 is 0. The molecule has 1 saturated carbocycles. The predicted octanol–water partition coefficient (Wildman–Crippen LogP) is 4.35. The number of methoxy groups -OCH3 is 2. The number of ether oxygens (including phenoxy) is 2. The number of carbonyl (C=O) groups is 1. The number of nitrogens with one attached hydrogen (secondary N) is 1. The van der Waals surface area contributed by atoms with Gasteiger partial charge in [0.2, 0.25) is 11.9 Å². The van der Waals surface area contributed by atoms with E-state index in [2.05, 4.69) is 28.7 Å². The molecule has 1 fully saturated rings. The van der Waals surface area contributed by atoms with E-state index in [1.165, 1.54) is 12.8 Å². The largest absolute Gasteiger partial charge is 0.497 e. The zero-order valence-corrected chi connectivity index (χ0v) is 19.2. The first-order chi connectivity index (χ1) is 15.5. The lowest BCUT2D eigenvalue weighted by molar-refractivity contribution is -0.120. The van der Waals surface area contributed by atoms with Crippen molar-refractivity contribution >= 4 is 34.8 Å². The molecule has 4 rings (SSSR count). The molecule has 1 atom stereocenters. The van der Waals surface area contributed by atoms with Gasteiger partial charge in [-0.3, -0.25) is 4.79 Å². The summed E-state index contributed by atoms with van der Waals surface area (Å²) in [5.41, 5.74) is 2.32. The fraction of sp³-hybridized carbons (Fsp3) is 0.458. The molecule has 8 nitrogen and oxygen atoms in total. The molecule has 0 unspecified atom stereocenters. The van der Waals surface area contributed by atoms with E-state index in [0.717, 1.165) is 42.0 Å². The van der Waals surface area contributed by atoms with E-state index in [1.54, 1.807) is 32.4 Å². The van der Waals surface area contributed by atoms with E-state index in [1.807, 2.05) is 18.2 Å². The van der Waals surface area contributed by atoms with Crippen LogP contribution < -0.4 is 19.9 Å². The lowest BCUT2D eigenvalue weighted by atomic mass is 10.0. The van der Waals surface area contributed by atoms with Gasteiger partial charge in [-0.05, 0) is 37.5 Å². The van der Waals surface area contributed by atoms with Crippen molar-refractivity contribution in [2.45, 2.75) is 51.1 Å². The van der Waals surface area contributed by atoms with Crippen LogP contribution in [0, 0.1) is 0 Å². The van der Waals surface area contributed by atoms with E-state index in [-0.39, 0.29) is 11.9 Å². The van der Waals surface area contributed by atoms with Gasteiger partial charge in [0.1, 0.15) is 23.2 Å². The van der Waals surface area contributed by atoms with Gasteiger partial charge in [0, 0.05) is 18.7 Å². The zero-order valence-electron chi connectivity index (χ0n) is 19.2. The van der Waals surface area contributed by atoms with Crippen LogP contribution in [-0.4, -0.2) is 49.2 Å². The molecule has 1 aliphatic heterocycles. The molecule has 0 saturated heterocycles. The van der Waals surface area contributed by atoms with E-state index in [4.69, 9.17) is 14.5 Å². The van der Waals surface area contributed by atoms with Gasteiger partial charge in [0.15, 0.2) is 5.82 Å². The number of aromatic nitrogens is 2. The second-order valence-corrected chi connectivity index (χ2v) is 8.24. The molecular formula is C24H31N5O3. The first kappa shape index (κ1) is 21.9. The molecule has 2 aromatic rings. The van der Waals surface area contributed by atoms with Crippen LogP contribution in [0.5, 0.6) is 5.75 Å². The second kappa shape index (κ2) is 9.06. The summed E-state index contributed by atoms with van der Waals surface area (Å²) in [7, 11) is 5.00. The van der Waals surface area contributed by atoms with E-state index < -0.39 is 0 Å². The SMILES string of the molecule is C=C(OC)c1ccc(Nc2ncc3c(n2)N(C2CCCC2)[C@H](CC)C(=O)N3C)c(OC)c1. The lowest BCUT2D eigenvalue weighted by Gasteiger charge is -2.43. The highest BCUT2D eigenvalue weighted by atomic mass is 16.5. The van der Waals surface area contributed by atoms with Gasteiger partial charge in [0.25, 0.3) is 0 Å². The number of carbonyl (C=O) groups excluding carboxylic acids is 1. The van der Waals surface area contributed by atoms with Gasteiger partial charge in [-0.25, -0.2) is 4.98 Å².